The van der Waals surface area contributed by atoms with Gasteiger partial charge < -0.3 is 4.74 Å². The highest BCUT2D eigenvalue weighted by molar-refractivity contribution is 7.17. The molecule has 0 unspecified atom stereocenters. The number of hydrogen-bond donors (Lipinski definition) is 2. The number of benzene rings is 1. The molecule has 0 aliphatic heterocycles. The van der Waals surface area contributed by atoms with Gasteiger partial charge in [0.25, 0.3) is 5.91 Å². The highest BCUT2D eigenvalue weighted by atomic mass is 32.1. The molecule has 0 bridgehead atoms. The highest BCUT2D eigenvalue weighted by Gasteiger charge is 2.17. The Balaban J connectivity index is 2.07. The van der Waals surface area contributed by atoms with Crippen LogP contribution in [0.2, 0.25) is 0 Å². The Hall–Kier alpha value is -2.41. The van der Waals surface area contributed by atoms with E-state index < -0.39 is 0 Å². The summed E-state index contributed by atoms with van der Waals surface area (Å²) < 4.78 is 5.13. The summed E-state index contributed by atoms with van der Waals surface area (Å²) in [6, 6.07) is 7.47. The third-order valence-electron chi connectivity index (χ3n) is 3.25. The Morgan fingerprint density at radius 2 is 1.88 bits per heavy atom. The summed E-state index contributed by atoms with van der Waals surface area (Å²) in [6.07, 6.45) is 0.360. The number of thiazole rings is 1. The Kier molecular flexibility index (Phi) is 5.92. The van der Waals surface area contributed by atoms with Gasteiger partial charge in [-0.3, -0.25) is 20.4 Å². The van der Waals surface area contributed by atoms with Gasteiger partial charge in [-0.05, 0) is 37.1 Å². The van der Waals surface area contributed by atoms with Crippen LogP contribution >= 0.6 is 11.3 Å². The van der Waals surface area contributed by atoms with E-state index in [0.29, 0.717) is 17.0 Å². The van der Waals surface area contributed by atoms with Crippen LogP contribution < -0.4 is 15.6 Å². The van der Waals surface area contributed by atoms with Crippen molar-refractivity contribution in [1.29, 1.82) is 0 Å². The number of aryl methyl sites for hydroxylation is 1. The van der Waals surface area contributed by atoms with E-state index in [1.807, 2.05) is 38.1 Å². The number of hydrazine groups is 1. The van der Waals surface area contributed by atoms with Gasteiger partial charge in [-0.1, -0.05) is 13.8 Å². The molecule has 0 spiro atoms. The van der Waals surface area contributed by atoms with Gasteiger partial charge >= 0.3 is 0 Å². The van der Waals surface area contributed by atoms with Gasteiger partial charge in [0, 0.05) is 12.0 Å². The van der Waals surface area contributed by atoms with E-state index in [4.69, 9.17) is 4.74 Å². The van der Waals surface area contributed by atoms with E-state index in [0.717, 1.165) is 16.3 Å². The molecule has 1 aromatic carbocycles. The summed E-state index contributed by atoms with van der Waals surface area (Å²) >= 11 is 1.28. The summed E-state index contributed by atoms with van der Waals surface area (Å²) in [5.74, 6) is 0.421. The number of rotatable bonds is 5. The number of ether oxygens (including phenoxy) is 1. The van der Waals surface area contributed by atoms with Crippen molar-refractivity contribution in [2.45, 2.75) is 27.2 Å². The average Bonchev–Trinajstić information content (AvgIpc) is 2.94. The lowest BCUT2D eigenvalue weighted by Crippen LogP contribution is -2.41. The Morgan fingerprint density at radius 3 is 2.46 bits per heavy atom. The Bertz CT molecular complexity index is 723. The first-order valence-electron chi connectivity index (χ1n) is 7.61. The first kappa shape index (κ1) is 17.9. The van der Waals surface area contributed by atoms with Crippen LogP contribution in [-0.2, 0) is 4.79 Å². The second kappa shape index (κ2) is 7.92. The Morgan fingerprint density at radius 1 is 1.21 bits per heavy atom. The maximum atomic E-state index is 12.2. The monoisotopic (exact) mass is 347 g/mol. The second-order valence-corrected chi connectivity index (χ2v) is 6.76. The van der Waals surface area contributed by atoms with Gasteiger partial charge in [0.1, 0.15) is 15.6 Å². The van der Waals surface area contributed by atoms with Crippen LogP contribution in [0.5, 0.6) is 5.75 Å². The molecule has 7 heteroatoms. The Labute approximate surface area is 145 Å². The minimum absolute atomic E-state index is 0.212. The molecule has 0 atom stereocenters. The maximum absolute atomic E-state index is 12.2. The standard InChI is InChI=1S/C17H21N3O3S/c1-10(2)9-14(21)19-20-16(22)15-11(3)18-17(24-15)12-5-7-13(23-4)8-6-12/h5-8,10H,9H2,1-4H3,(H,19,21)(H,20,22). The second-order valence-electron chi connectivity index (χ2n) is 5.76. The topological polar surface area (TPSA) is 80.3 Å². The largest absolute Gasteiger partial charge is 0.497 e. The molecule has 2 aromatic rings. The van der Waals surface area contributed by atoms with Crippen molar-refractivity contribution < 1.29 is 14.3 Å². The lowest BCUT2D eigenvalue weighted by Gasteiger charge is -2.07. The molecule has 6 nitrogen and oxygen atoms in total. The van der Waals surface area contributed by atoms with E-state index >= 15 is 0 Å². The van der Waals surface area contributed by atoms with Crippen molar-refractivity contribution in [3.05, 3.63) is 34.8 Å². The SMILES string of the molecule is COc1ccc(-c2nc(C)c(C(=O)NNC(=O)CC(C)C)s2)cc1. The van der Waals surface area contributed by atoms with Crippen LogP contribution in [0.4, 0.5) is 0 Å². The number of hydrogen-bond acceptors (Lipinski definition) is 5. The van der Waals surface area contributed by atoms with Crippen LogP contribution in [0, 0.1) is 12.8 Å². The number of nitrogens with zero attached hydrogens (tertiary/aromatic N) is 1. The predicted octanol–water partition coefficient (Wildman–Crippen LogP) is 2.93. The summed E-state index contributed by atoms with van der Waals surface area (Å²) in [4.78, 5) is 28.8. The van der Waals surface area contributed by atoms with Crippen molar-refractivity contribution in [3.63, 3.8) is 0 Å². The number of aromatic nitrogens is 1. The van der Waals surface area contributed by atoms with Gasteiger partial charge in [0.2, 0.25) is 5.91 Å². The molecule has 128 valence electrons. The average molecular weight is 347 g/mol. The molecule has 1 heterocycles. The molecule has 0 aliphatic rings. The molecule has 0 radical (unpaired) electrons. The number of carbonyl (C=O) groups is 2. The van der Waals surface area contributed by atoms with E-state index in [9.17, 15) is 9.59 Å². The zero-order valence-electron chi connectivity index (χ0n) is 14.2. The minimum Gasteiger partial charge on any atom is -0.497 e. The number of amides is 2. The smallest absolute Gasteiger partial charge is 0.281 e. The number of nitrogens with one attached hydrogen (secondary N) is 2. The lowest BCUT2D eigenvalue weighted by molar-refractivity contribution is -0.122. The lowest BCUT2D eigenvalue weighted by atomic mass is 10.1. The molecular weight excluding hydrogens is 326 g/mol. The van der Waals surface area contributed by atoms with Gasteiger partial charge in [-0.25, -0.2) is 4.98 Å². The molecule has 0 saturated heterocycles. The van der Waals surface area contributed by atoms with Crippen LogP contribution in [-0.4, -0.2) is 23.9 Å². The fraction of sp³-hybridized carbons (Fsp3) is 0.353. The number of carbonyl (C=O) groups excluding carboxylic acids is 2. The van der Waals surface area contributed by atoms with E-state index in [1.165, 1.54) is 11.3 Å². The van der Waals surface area contributed by atoms with Crippen LogP contribution in [0.3, 0.4) is 0 Å². The molecule has 0 fully saturated rings. The predicted molar refractivity (Wildman–Crippen MR) is 93.9 cm³/mol. The summed E-state index contributed by atoms with van der Waals surface area (Å²) in [5, 5.41) is 0.744. The van der Waals surface area contributed by atoms with Crippen LogP contribution in [0.15, 0.2) is 24.3 Å². The van der Waals surface area contributed by atoms with Crippen molar-refractivity contribution in [3.8, 4) is 16.3 Å². The summed E-state index contributed by atoms with van der Waals surface area (Å²) in [5.41, 5.74) is 6.40. The van der Waals surface area contributed by atoms with Gasteiger partial charge in [0.05, 0.1) is 12.8 Å². The van der Waals surface area contributed by atoms with E-state index in [-0.39, 0.29) is 17.7 Å². The molecule has 2 N–H and O–H groups in total. The molecule has 0 aliphatic carbocycles. The maximum Gasteiger partial charge on any atom is 0.281 e. The first-order valence-corrected chi connectivity index (χ1v) is 8.43. The molecule has 1 aromatic heterocycles. The van der Waals surface area contributed by atoms with E-state index in [1.54, 1.807) is 14.0 Å². The quantitative estimate of drug-likeness (QED) is 0.815. The van der Waals surface area contributed by atoms with Gasteiger partial charge in [0.15, 0.2) is 0 Å². The van der Waals surface area contributed by atoms with Crippen molar-refractivity contribution >= 4 is 23.2 Å². The van der Waals surface area contributed by atoms with Crippen molar-refractivity contribution in [2.24, 2.45) is 5.92 Å². The van der Waals surface area contributed by atoms with Crippen molar-refractivity contribution in [2.75, 3.05) is 7.11 Å². The molecule has 0 saturated carbocycles. The summed E-state index contributed by atoms with van der Waals surface area (Å²) in [6.45, 7) is 5.65. The van der Waals surface area contributed by atoms with E-state index in [2.05, 4.69) is 15.8 Å². The fourth-order valence-electron chi connectivity index (χ4n) is 2.07. The zero-order valence-corrected chi connectivity index (χ0v) is 15.0. The van der Waals surface area contributed by atoms with Crippen LogP contribution in [0.1, 0.15) is 35.6 Å². The fourth-order valence-corrected chi connectivity index (χ4v) is 3.04. The number of methoxy groups -OCH3 is 1. The molecule has 2 amide bonds. The van der Waals surface area contributed by atoms with Crippen molar-refractivity contribution in [1.82, 2.24) is 15.8 Å². The third kappa shape index (κ3) is 4.55. The minimum atomic E-state index is -0.359. The third-order valence-corrected chi connectivity index (χ3v) is 4.45. The van der Waals surface area contributed by atoms with Gasteiger partial charge in [-0.2, -0.15) is 0 Å². The normalized spacial score (nSPS) is 10.5. The molecule has 24 heavy (non-hydrogen) atoms. The van der Waals surface area contributed by atoms with Gasteiger partial charge in [-0.15, -0.1) is 11.3 Å². The van der Waals surface area contributed by atoms with Crippen LogP contribution in [0.25, 0.3) is 10.6 Å². The molecular formula is C17H21N3O3S. The zero-order chi connectivity index (χ0) is 17.7. The first-order chi connectivity index (χ1) is 11.4. The molecule has 2 rings (SSSR count). The highest BCUT2D eigenvalue weighted by Crippen LogP contribution is 2.29. The summed E-state index contributed by atoms with van der Waals surface area (Å²) in [7, 11) is 1.61.